The molecule has 212 valence electrons. The van der Waals surface area contributed by atoms with Gasteiger partial charge in [-0.1, -0.05) is 18.2 Å². The highest BCUT2D eigenvalue weighted by atomic mass is 32.2. The van der Waals surface area contributed by atoms with Crippen molar-refractivity contribution in [2.75, 3.05) is 45.4 Å². The average molecular weight is 556 g/mol. The Morgan fingerprint density at radius 3 is 2.45 bits per heavy atom. The number of para-hydroxylation sites is 1. The van der Waals surface area contributed by atoms with Gasteiger partial charge in [-0.25, -0.2) is 22.7 Å². The maximum Gasteiger partial charge on any atom is 0.408 e. The fraction of sp³-hybridized carbons (Fsp3) is 0.560. The predicted octanol–water partition coefficient (Wildman–Crippen LogP) is 1.97. The fourth-order valence-corrected chi connectivity index (χ4v) is 4.70. The molecule has 1 aromatic carbocycles. The van der Waals surface area contributed by atoms with E-state index in [-0.39, 0.29) is 30.2 Å². The van der Waals surface area contributed by atoms with Gasteiger partial charge in [0.15, 0.2) is 0 Å². The van der Waals surface area contributed by atoms with E-state index in [4.69, 9.17) is 14.2 Å². The van der Waals surface area contributed by atoms with Gasteiger partial charge in [-0.2, -0.15) is 0 Å². The van der Waals surface area contributed by atoms with E-state index in [9.17, 15) is 22.8 Å². The third-order valence-corrected chi connectivity index (χ3v) is 6.81. The van der Waals surface area contributed by atoms with Crippen LogP contribution in [0.4, 0.5) is 10.5 Å². The number of ether oxygens (including phenoxy) is 4. The highest BCUT2D eigenvalue weighted by Crippen LogP contribution is 2.45. The standard InChI is InChI=1S/C25H37N3O9S/c1-6-18-16-25(18,27-23(31)37-24(2,3)4)22(30)28-38(32,33)20-11-8-7-10-19(20)26-12-15-35-13-9-14-36-17-21(29)34-5/h6-8,10-11,18,26H,1,9,12-17H2,2-5H3,(H,27,31)(H,28,30)/t18-,25-/m1/s1. The number of nitrogens with one attached hydrogen (secondary N) is 3. The molecule has 0 spiro atoms. The molecule has 12 nitrogen and oxygen atoms in total. The van der Waals surface area contributed by atoms with Crippen molar-refractivity contribution in [3.8, 4) is 0 Å². The number of carbonyl (C=O) groups is 3. The summed E-state index contributed by atoms with van der Waals surface area (Å²) in [6.07, 6.45) is 1.43. The van der Waals surface area contributed by atoms with Crippen LogP contribution < -0.4 is 15.4 Å². The van der Waals surface area contributed by atoms with Crippen LogP contribution in [0.1, 0.15) is 33.6 Å². The summed E-state index contributed by atoms with van der Waals surface area (Å²) in [7, 11) is -3.00. The summed E-state index contributed by atoms with van der Waals surface area (Å²) in [5.74, 6) is -1.77. The number of hydrogen-bond donors (Lipinski definition) is 3. The van der Waals surface area contributed by atoms with Gasteiger partial charge >= 0.3 is 12.1 Å². The Labute approximate surface area is 223 Å². The van der Waals surface area contributed by atoms with Crippen molar-refractivity contribution in [2.24, 2.45) is 5.92 Å². The molecule has 1 aromatic rings. The van der Waals surface area contributed by atoms with Crippen LogP contribution in [0.3, 0.4) is 0 Å². The molecule has 2 amide bonds. The first-order chi connectivity index (χ1) is 17.8. The lowest BCUT2D eigenvalue weighted by atomic mass is 10.2. The molecule has 0 bridgehead atoms. The number of esters is 1. The molecule has 0 saturated heterocycles. The molecular formula is C25H37N3O9S. The lowest BCUT2D eigenvalue weighted by Crippen LogP contribution is -2.52. The third-order valence-electron chi connectivity index (χ3n) is 5.42. The Bertz CT molecular complexity index is 1100. The number of rotatable bonds is 15. The zero-order valence-corrected chi connectivity index (χ0v) is 23.0. The van der Waals surface area contributed by atoms with Crippen LogP contribution in [0, 0.1) is 5.92 Å². The molecule has 0 heterocycles. The lowest BCUT2D eigenvalue weighted by molar-refractivity contribution is -0.146. The number of amides is 2. The van der Waals surface area contributed by atoms with Crippen LogP contribution in [0.15, 0.2) is 41.8 Å². The van der Waals surface area contributed by atoms with E-state index in [0.717, 1.165) is 0 Å². The zero-order valence-electron chi connectivity index (χ0n) is 22.2. The van der Waals surface area contributed by atoms with E-state index in [2.05, 4.69) is 26.7 Å². The van der Waals surface area contributed by atoms with E-state index >= 15 is 0 Å². The number of anilines is 1. The van der Waals surface area contributed by atoms with Crippen LogP contribution >= 0.6 is 0 Å². The Kier molecular flexibility index (Phi) is 11.1. The van der Waals surface area contributed by atoms with E-state index in [0.29, 0.717) is 26.2 Å². The van der Waals surface area contributed by atoms with Crippen LogP contribution in [0.2, 0.25) is 0 Å². The molecule has 38 heavy (non-hydrogen) atoms. The largest absolute Gasteiger partial charge is 0.467 e. The second-order valence-corrected chi connectivity index (χ2v) is 11.2. The Morgan fingerprint density at radius 1 is 1.13 bits per heavy atom. The SMILES string of the molecule is C=C[C@@H]1C[C@]1(NC(=O)OC(C)(C)C)C(=O)NS(=O)(=O)c1ccccc1NCCOCCCOCC(=O)OC. The van der Waals surface area contributed by atoms with Crippen molar-refractivity contribution in [1.82, 2.24) is 10.0 Å². The van der Waals surface area contributed by atoms with Gasteiger partial charge in [-0.3, -0.25) is 4.79 Å². The topological polar surface area (TPSA) is 158 Å². The van der Waals surface area contributed by atoms with Crippen LogP contribution in [-0.4, -0.2) is 77.6 Å². The Morgan fingerprint density at radius 2 is 1.82 bits per heavy atom. The minimum absolute atomic E-state index is 0.119. The third kappa shape index (κ3) is 9.30. The molecule has 2 rings (SSSR count). The van der Waals surface area contributed by atoms with Gasteiger partial charge in [0.2, 0.25) is 0 Å². The van der Waals surface area contributed by atoms with Crippen molar-refractivity contribution < 1.29 is 41.7 Å². The van der Waals surface area contributed by atoms with E-state index in [1.807, 2.05) is 0 Å². The smallest absolute Gasteiger partial charge is 0.408 e. The summed E-state index contributed by atoms with van der Waals surface area (Å²) in [5.41, 5.74) is -1.98. The van der Waals surface area contributed by atoms with E-state index in [1.54, 1.807) is 32.9 Å². The molecule has 2 atom stereocenters. The number of alkyl carbamates (subject to hydrolysis) is 1. The molecule has 3 N–H and O–H groups in total. The van der Waals surface area contributed by atoms with Crippen molar-refractivity contribution in [1.29, 1.82) is 0 Å². The number of hydrogen-bond acceptors (Lipinski definition) is 10. The first-order valence-corrected chi connectivity index (χ1v) is 13.6. The number of benzene rings is 1. The van der Waals surface area contributed by atoms with Crippen molar-refractivity contribution >= 4 is 33.7 Å². The minimum atomic E-state index is -4.29. The highest BCUT2D eigenvalue weighted by Gasteiger charge is 2.61. The lowest BCUT2D eigenvalue weighted by Gasteiger charge is -2.24. The van der Waals surface area contributed by atoms with Gasteiger partial charge < -0.3 is 29.6 Å². The summed E-state index contributed by atoms with van der Waals surface area (Å²) in [5, 5.41) is 5.51. The summed E-state index contributed by atoms with van der Waals surface area (Å²) in [6.45, 7) is 9.88. The first-order valence-electron chi connectivity index (χ1n) is 12.1. The average Bonchev–Trinajstić information content (AvgIpc) is 3.55. The van der Waals surface area contributed by atoms with Crippen molar-refractivity contribution in [3.05, 3.63) is 36.9 Å². The van der Waals surface area contributed by atoms with Crippen LogP contribution in [0.5, 0.6) is 0 Å². The molecule has 0 radical (unpaired) electrons. The Hall–Kier alpha value is -3.16. The van der Waals surface area contributed by atoms with E-state index < -0.39 is 45.1 Å². The molecule has 1 fully saturated rings. The molecule has 1 saturated carbocycles. The van der Waals surface area contributed by atoms with Gasteiger partial charge in [0.25, 0.3) is 15.9 Å². The molecule has 13 heteroatoms. The number of methoxy groups -OCH3 is 1. The minimum Gasteiger partial charge on any atom is -0.467 e. The molecule has 1 aliphatic rings. The van der Waals surface area contributed by atoms with Crippen LogP contribution in [-0.2, 0) is 38.6 Å². The quantitative estimate of drug-likeness (QED) is 0.166. The van der Waals surface area contributed by atoms with Crippen molar-refractivity contribution in [3.63, 3.8) is 0 Å². The normalized spacial score (nSPS) is 18.7. The predicted molar refractivity (Wildman–Crippen MR) is 139 cm³/mol. The monoisotopic (exact) mass is 555 g/mol. The molecule has 1 aliphatic carbocycles. The van der Waals surface area contributed by atoms with Gasteiger partial charge in [0, 0.05) is 25.7 Å². The molecule has 0 aromatic heterocycles. The number of sulfonamides is 1. The first kappa shape index (κ1) is 31.1. The van der Waals surface area contributed by atoms with Crippen molar-refractivity contribution in [2.45, 2.75) is 49.6 Å². The van der Waals surface area contributed by atoms with Gasteiger partial charge in [0.1, 0.15) is 22.6 Å². The van der Waals surface area contributed by atoms with Gasteiger partial charge in [0.05, 0.1) is 19.4 Å². The second-order valence-electron chi connectivity index (χ2n) is 9.60. The number of carbonyl (C=O) groups excluding carboxylic acids is 3. The zero-order chi connectivity index (χ0) is 28.4. The summed E-state index contributed by atoms with van der Waals surface area (Å²) in [6, 6.07) is 6.12. The molecule has 0 unspecified atom stereocenters. The Balaban J connectivity index is 1.92. The summed E-state index contributed by atoms with van der Waals surface area (Å²) < 4.78 is 48.7. The maximum absolute atomic E-state index is 13.1. The fourth-order valence-electron chi connectivity index (χ4n) is 3.47. The van der Waals surface area contributed by atoms with Gasteiger partial charge in [-0.05, 0) is 45.7 Å². The highest BCUT2D eigenvalue weighted by molar-refractivity contribution is 7.90. The summed E-state index contributed by atoms with van der Waals surface area (Å²) >= 11 is 0. The van der Waals surface area contributed by atoms with Gasteiger partial charge in [-0.15, -0.1) is 6.58 Å². The maximum atomic E-state index is 13.1. The summed E-state index contributed by atoms with van der Waals surface area (Å²) in [4.78, 5) is 36.2. The van der Waals surface area contributed by atoms with E-state index in [1.165, 1.54) is 25.3 Å². The molecular weight excluding hydrogens is 518 g/mol. The second kappa shape index (κ2) is 13.6. The molecule has 0 aliphatic heterocycles. The van der Waals surface area contributed by atoms with Crippen LogP contribution in [0.25, 0.3) is 0 Å².